The Morgan fingerprint density at radius 3 is 1.67 bits per heavy atom. The van der Waals surface area contributed by atoms with Gasteiger partial charge in [0.05, 0.1) is 0 Å². The molecule has 100 valence electrons. The fraction of sp³-hybridized carbons (Fsp3) is 0.647. The molecule has 0 bridgehead atoms. The van der Waals surface area contributed by atoms with E-state index in [0.29, 0.717) is 18.0 Å². The van der Waals surface area contributed by atoms with Crippen molar-refractivity contribution in [2.24, 2.45) is 0 Å². The molecule has 1 heterocycles. The molecular weight excluding hydrogens is 218 g/mol. The van der Waals surface area contributed by atoms with Gasteiger partial charge in [-0.3, -0.25) is 4.90 Å². The van der Waals surface area contributed by atoms with Gasteiger partial charge in [-0.25, -0.2) is 0 Å². The highest BCUT2D eigenvalue weighted by molar-refractivity contribution is 5.54. The number of likely N-dealkylation sites (N-methyl/N-ethyl adjacent to an activating group) is 1. The predicted molar refractivity (Wildman–Crippen MR) is 79.4 cm³/mol. The molecule has 2 rings (SSSR count). The van der Waals surface area contributed by atoms with E-state index in [-0.39, 0.29) is 0 Å². The van der Waals surface area contributed by atoms with Gasteiger partial charge in [0.1, 0.15) is 0 Å². The molecule has 3 atom stereocenters. The van der Waals surface area contributed by atoms with Crippen molar-refractivity contribution in [3.8, 4) is 0 Å². The molecule has 1 aromatic carbocycles. The lowest BCUT2D eigenvalue weighted by atomic mass is 9.75. The second-order valence-electron chi connectivity index (χ2n) is 6.20. The molecule has 1 heteroatoms. The van der Waals surface area contributed by atoms with E-state index in [1.807, 2.05) is 0 Å². The Hall–Kier alpha value is -0.820. The molecule has 0 aliphatic carbocycles. The third-order valence-electron chi connectivity index (χ3n) is 5.64. The van der Waals surface area contributed by atoms with Crippen LogP contribution < -0.4 is 0 Å². The molecule has 1 aromatic rings. The van der Waals surface area contributed by atoms with Gasteiger partial charge in [0.15, 0.2) is 0 Å². The first-order chi connectivity index (χ1) is 8.29. The smallest absolute Gasteiger partial charge is 0.0325 e. The minimum absolute atomic E-state index is 0.532. The van der Waals surface area contributed by atoms with Gasteiger partial charge in [-0.05, 0) is 87.9 Å². The third-order valence-corrected chi connectivity index (χ3v) is 5.64. The molecule has 1 aliphatic rings. The molecule has 3 unspecified atom stereocenters. The van der Waals surface area contributed by atoms with Crippen molar-refractivity contribution in [3.63, 3.8) is 0 Å². The van der Waals surface area contributed by atoms with Crippen LogP contribution in [-0.4, -0.2) is 18.0 Å². The van der Waals surface area contributed by atoms with E-state index in [0.717, 1.165) is 0 Å². The molecular formula is C17H27N. The number of benzene rings is 1. The monoisotopic (exact) mass is 245 g/mol. The van der Waals surface area contributed by atoms with Gasteiger partial charge < -0.3 is 0 Å². The Kier molecular flexibility index (Phi) is 3.31. The van der Waals surface area contributed by atoms with E-state index in [1.165, 1.54) is 22.3 Å². The SMILES string of the molecule is Cc1c(C)c(C)c2c(c1C)C(C)C(C)N(C)C2C. The van der Waals surface area contributed by atoms with Crippen molar-refractivity contribution in [2.75, 3.05) is 7.05 Å². The van der Waals surface area contributed by atoms with Crippen molar-refractivity contribution in [2.45, 2.75) is 66.5 Å². The minimum atomic E-state index is 0.532. The summed E-state index contributed by atoms with van der Waals surface area (Å²) in [5, 5.41) is 0. The predicted octanol–water partition coefficient (Wildman–Crippen LogP) is 4.42. The Labute approximate surface area is 112 Å². The van der Waals surface area contributed by atoms with E-state index >= 15 is 0 Å². The summed E-state index contributed by atoms with van der Waals surface area (Å²) in [6.45, 7) is 16.2. The van der Waals surface area contributed by atoms with Crippen LogP contribution in [0.25, 0.3) is 0 Å². The van der Waals surface area contributed by atoms with Crippen LogP contribution in [0.4, 0.5) is 0 Å². The van der Waals surface area contributed by atoms with Crippen LogP contribution >= 0.6 is 0 Å². The maximum atomic E-state index is 2.52. The fourth-order valence-corrected chi connectivity index (χ4v) is 3.65. The first kappa shape index (κ1) is 13.6. The van der Waals surface area contributed by atoms with E-state index in [9.17, 15) is 0 Å². The van der Waals surface area contributed by atoms with Crippen LogP contribution in [0.2, 0.25) is 0 Å². The van der Waals surface area contributed by atoms with E-state index in [2.05, 4.69) is 60.4 Å². The highest BCUT2D eigenvalue weighted by Crippen LogP contribution is 2.43. The van der Waals surface area contributed by atoms with Crippen LogP contribution in [0.5, 0.6) is 0 Å². The number of rotatable bonds is 0. The fourth-order valence-electron chi connectivity index (χ4n) is 3.65. The van der Waals surface area contributed by atoms with Gasteiger partial charge >= 0.3 is 0 Å². The second kappa shape index (κ2) is 4.38. The zero-order chi connectivity index (χ0) is 13.8. The number of fused-ring (bicyclic) bond motifs is 1. The van der Waals surface area contributed by atoms with Crippen molar-refractivity contribution < 1.29 is 0 Å². The minimum Gasteiger partial charge on any atom is -0.296 e. The Morgan fingerprint density at radius 2 is 1.17 bits per heavy atom. The lowest BCUT2D eigenvalue weighted by Gasteiger charge is -2.44. The summed E-state index contributed by atoms with van der Waals surface area (Å²) in [7, 11) is 2.26. The number of nitrogens with zero attached hydrogens (tertiary/aromatic N) is 1. The van der Waals surface area contributed by atoms with E-state index < -0.39 is 0 Å². The molecule has 0 spiro atoms. The van der Waals surface area contributed by atoms with E-state index in [4.69, 9.17) is 0 Å². The first-order valence-corrected chi connectivity index (χ1v) is 7.11. The molecule has 0 saturated carbocycles. The van der Waals surface area contributed by atoms with Crippen molar-refractivity contribution in [1.82, 2.24) is 4.90 Å². The maximum Gasteiger partial charge on any atom is 0.0325 e. The highest BCUT2D eigenvalue weighted by atomic mass is 15.2. The summed E-state index contributed by atoms with van der Waals surface area (Å²) in [4.78, 5) is 2.52. The Bertz CT molecular complexity index is 442. The molecule has 0 fully saturated rings. The normalized spacial score (nSPS) is 28.3. The van der Waals surface area contributed by atoms with Crippen LogP contribution in [0.1, 0.15) is 66.1 Å². The van der Waals surface area contributed by atoms with Crippen LogP contribution in [0, 0.1) is 27.7 Å². The molecule has 1 aliphatic heterocycles. The summed E-state index contributed by atoms with van der Waals surface area (Å²) in [6.07, 6.45) is 0. The average molecular weight is 245 g/mol. The van der Waals surface area contributed by atoms with Gasteiger partial charge in [0, 0.05) is 12.1 Å². The van der Waals surface area contributed by atoms with Gasteiger partial charge in [0.25, 0.3) is 0 Å². The van der Waals surface area contributed by atoms with Crippen LogP contribution in [0.3, 0.4) is 0 Å². The molecule has 18 heavy (non-hydrogen) atoms. The molecule has 0 saturated heterocycles. The summed E-state index contributed by atoms with van der Waals surface area (Å²) in [5.41, 5.74) is 9.20. The quantitative estimate of drug-likeness (QED) is 0.654. The van der Waals surface area contributed by atoms with Gasteiger partial charge in [-0.15, -0.1) is 0 Å². The first-order valence-electron chi connectivity index (χ1n) is 7.11. The average Bonchev–Trinajstić information content (AvgIpc) is 2.35. The van der Waals surface area contributed by atoms with Gasteiger partial charge in [-0.2, -0.15) is 0 Å². The van der Waals surface area contributed by atoms with Gasteiger partial charge in [-0.1, -0.05) is 6.92 Å². The van der Waals surface area contributed by atoms with E-state index in [1.54, 1.807) is 11.1 Å². The zero-order valence-electron chi connectivity index (χ0n) is 13.2. The second-order valence-corrected chi connectivity index (χ2v) is 6.20. The summed E-state index contributed by atoms with van der Waals surface area (Å²) in [6, 6.07) is 1.15. The van der Waals surface area contributed by atoms with Crippen LogP contribution in [0.15, 0.2) is 0 Å². The molecule has 0 N–H and O–H groups in total. The topological polar surface area (TPSA) is 3.24 Å². The Balaban J connectivity index is 2.80. The highest BCUT2D eigenvalue weighted by Gasteiger charge is 2.34. The standard InChI is InChI=1S/C17H27N/c1-9-10(2)12(4)17-15(7)18(8)14(6)13(5)16(17)11(9)3/h13-15H,1-8H3. The lowest BCUT2D eigenvalue weighted by molar-refractivity contribution is 0.157. The van der Waals surface area contributed by atoms with Gasteiger partial charge in [0.2, 0.25) is 0 Å². The Morgan fingerprint density at radius 1 is 0.722 bits per heavy atom. The van der Waals surface area contributed by atoms with Crippen molar-refractivity contribution in [3.05, 3.63) is 33.4 Å². The molecule has 0 radical (unpaired) electrons. The third kappa shape index (κ3) is 1.64. The maximum absolute atomic E-state index is 2.52. The number of hydrogen-bond acceptors (Lipinski definition) is 1. The summed E-state index contributed by atoms with van der Waals surface area (Å²) in [5.74, 6) is 0.624. The van der Waals surface area contributed by atoms with Crippen molar-refractivity contribution in [1.29, 1.82) is 0 Å². The molecule has 0 aromatic heterocycles. The zero-order valence-corrected chi connectivity index (χ0v) is 13.2. The van der Waals surface area contributed by atoms with Crippen LogP contribution in [-0.2, 0) is 0 Å². The summed E-state index contributed by atoms with van der Waals surface area (Å²) < 4.78 is 0. The molecule has 0 amide bonds. The molecule has 1 nitrogen and oxygen atoms in total. The summed E-state index contributed by atoms with van der Waals surface area (Å²) >= 11 is 0. The largest absolute Gasteiger partial charge is 0.296 e. The number of hydrogen-bond donors (Lipinski definition) is 0. The van der Waals surface area contributed by atoms with Crippen molar-refractivity contribution >= 4 is 0 Å². The lowest BCUT2D eigenvalue weighted by Crippen LogP contribution is -2.41.